The van der Waals surface area contributed by atoms with Gasteiger partial charge in [-0.2, -0.15) is 0 Å². The van der Waals surface area contributed by atoms with Crippen molar-refractivity contribution >= 4 is 33.2 Å². The summed E-state index contributed by atoms with van der Waals surface area (Å²) in [6.07, 6.45) is 7.49. The number of anilines is 1. The minimum Gasteiger partial charge on any atom is -0.490 e. The topological polar surface area (TPSA) is 84.9 Å². The maximum atomic E-state index is 13.0. The van der Waals surface area contributed by atoms with Gasteiger partial charge in [0.2, 0.25) is 10.0 Å². The van der Waals surface area contributed by atoms with Gasteiger partial charge in [-0.3, -0.25) is 4.79 Å². The van der Waals surface area contributed by atoms with Crippen molar-refractivity contribution in [2.45, 2.75) is 50.4 Å². The largest absolute Gasteiger partial charge is 0.490 e. The second-order valence-electron chi connectivity index (χ2n) is 11.4. The third-order valence-electron chi connectivity index (χ3n) is 8.94. The van der Waals surface area contributed by atoms with Crippen LogP contribution in [0, 0.1) is 11.8 Å². The van der Waals surface area contributed by atoms with Crippen molar-refractivity contribution in [3.63, 3.8) is 0 Å². The fourth-order valence-corrected chi connectivity index (χ4v) is 7.80. The van der Waals surface area contributed by atoms with Crippen LogP contribution < -0.4 is 14.4 Å². The van der Waals surface area contributed by atoms with Gasteiger partial charge in [-0.05, 0) is 98.2 Å². The highest BCUT2D eigenvalue weighted by Gasteiger charge is 2.43. The van der Waals surface area contributed by atoms with Gasteiger partial charge in [0, 0.05) is 35.7 Å². The molecule has 0 radical (unpaired) electrons. The van der Waals surface area contributed by atoms with Gasteiger partial charge in [0.1, 0.15) is 5.75 Å². The zero-order valence-electron chi connectivity index (χ0n) is 21.6. The fourth-order valence-electron chi connectivity index (χ4n) is 6.77. The van der Waals surface area contributed by atoms with E-state index in [9.17, 15) is 13.2 Å². The molecule has 2 aliphatic carbocycles. The molecule has 0 unspecified atom stereocenters. The molecule has 6 rings (SSSR count). The average molecular weight is 559 g/mol. The Balaban J connectivity index is 1.39. The minimum atomic E-state index is -3.80. The van der Waals surface area contributed by atoms with E-state index in [4.69, 9.17) is 21.1 Å². The second kappa shape index (κ2) is 10.4. The summed E-state index contributed by atoms with van der Waals surface area (Å²) in [5, 5.41) is 0.760. The van der Waals surface area contributed by atoms with Crippen LogP contribution in [0.2, 0.25) is 5.02 Å². The Morgan fingerprint density at radius 1 is 1.03 bits per heavy atom. The first-order chi connectivity index (χ1) is 18.3. The lowest BCUT2D eigenvalue weighted by atomic mass is 9.69. The van der Waals surface area contributed by atoms with Crippen LogP contribution in [0.25, 0.3) is 0 Å². The van der Waals surface area contributed by atoms with E-state index in [0.29, 0.717) is 30.6 Å². The van der Waals surface area contributed by atoms with Crippen molar-refractivity contribution < 1.29 is 22.7 Å². The van der Waals surface area contributed by atoms with Crippen molar-refractivity contribution in [3.05, 3.63) is 58.1 Å². The van der Waals surface area contributed by atoms with Gasteiger partial charge < -0.3 is 14.4 Å². The summed E-state index contributed by atoms with van der Waals surface area (Å²) >= 11 is 6.37. The van der Waals surface area contributed by atoms with Crippen molar-refractivity contribution in [1.29, 1.82) is 0 Å². The third-order valence-corrected chi connectivity index (χ3v) is 10.4. The molecule has 1 fully saturated rings. The van der Waals surface area contributed by atoms with Gasteiger partial charge in [0.25, 0.3) is 5.91 Å². The minimum absolute atomic E-state index is 0.0806. The predicted octanol–water partition coefficient (Wildman–Crippen LogP) is 4.71. The van der Waals surface area contributed by atoms with Gasteiger partial charge in [0.05, 0.1) is 24.7 Å². The highest BCUT2D eigenvalue weighted by Crippen LogP contribution is 2.46. The Morgan fingerprint density at radius 3 is 2.74 bits per heavy atom. The van der Waals surface area contributed by atoms with Crippen LogP contribution in [-0.4, -0.2) is 53.0 Å². The van der Waals surface area contributed by atoms with E-state index >= 15 is 0 Å². The molecular formula is C29H35ClN2O5S. The Labute approximate surface area is 229 Å². The number of rotatable bonds is 0. The molecule has 9 heteroatoms. The average Bonchev–Trinajstić information content (AvgIpc) is 3.02. The van der Waals surface area contributed by atoms with Crippen molar-refractivity contribution in [2.75, 3.05) is 43.6 Å². The van der Waals surface area contributed by atoms with Gasteiger partial charge in [-0.1, -0.05) is 17.7 Å². The monoisotopic (exact) mass is 558 g/mol. The summed E-state index contributed by atoms with van der Waals surface area (Å²) in [7, 11) is -3.80. The Morgan fingerprint density at radius 2 is 1.89 bits per heavy atom. The molecule has 2 aromatic carbocycles. The molecule has 38 heavy (non-hydrogen) atoms. The standard InChI is InChI=1S/C29H35ClN2O5S/c30-24-8-9-25-21(15-24)3-1-11-29(25)18-32-17-23-6-5-20(23)4-2-12-36-13-14-38(34,35)31-28(33)22-7-10-27(37-19-29)26(32)16-22/h7-10,15-16,20,23H,1-6,11-14,17-19H2,(H,31,33)/t20-,23+,29+/m1/s1. The second-order valence-corrected chi connectivity index (χ2v) is 13.7. The number of halogens is 1. The predicted molar refractivity (Wildman–Crippen MR) is 148 cm³/mol. The molecule has 1 amide bonds. The molecule has 1 spiro atoms. The number of benzene rings is 2. The Hall–Kier alpha value is -2.29. The summed E-state index contributed by atoms with van der Waals surface area (Å²) in [5.41, 5.74) is 3.59. The number of nitrogens with one attached hydrogen (secondary N) is 1. The smallest absolute Gasteiger partial charge is 0.264 e. The molecule has 2 heterocycles. The van der Waals surface area contributed by atoms with Crippen LogP contribution in [0.4, 0.5) is 5.69 Å². The first kappa shape index (κ1) is 26.0. The number of hydrogen-bond donors (Lipinski definition) is 1. The van der Waals surface area contributed by atoms with Gasteiger partial charge in [-0.15, -0.1) is 0 Å². The molecule has 4 aliphatic rings. The van der Waals surface area contributed by atoms with Gasteiger partial charge in [0.15, 0.2) is 0 Å². The van der Waals surface area contributed by atoms with Crippen LogP contribution >= 0.6 is 11.6 Å². The number of carbonyl (C=O) groups excluding carboxylic acids is 1. The number of nitrogens with zero attached hydrogens (tertiary/aromatic N) is 1. The van der Waals surface area contributed by atoms with E-state index < -0.39 is 15.9 Å². The van der Waals surface area contributed by atoms with E-state index in [1.54, 1.807) is 12.1 Å². The summed E-state index contributed by atoms with van der Waals surface area (Å²) in [6.45, 7) is 2.84. The van der Waals surface area contributed by atoms with Crippen molar-refractivity contribution in [3.8, 4) is 5.75 Å². The Bertz CT molecular complexity index is 1330. The number of hydrogen-bond acceptors (Lipinski definition) is 6. The lowest BCUT2D eigenvalue weighted by Gasteiger charge is -2.44. The molecule has 0 aromatic heterocycles. The first-order valence-corrected chi connectivity index (χ1v) is 15.8. The normalized spacial score (nSPS) is 29.2. The molecule has 0 saturated heterocycles. The summed E-state index contributed by atoms with van der Waals surface area (Å²) in [6, 6.07) is 11.5. The van der Waals surface area contributed by atoms with E-state index in [0.717, 1.165) is 61.7 Å². The van der Waals surface area contributed by atoms with Crippen LogP contribution in [0.3, 0.4) is 0 Å². The quantitative estimate of drug-likeness (QED) is 0.504. The summed E-state index contributed by atoms with van der Waals surface area (Å²) in [4.78, 5) is 15.4. The number of amides is 1. The molecule has 1 saturated carbocycles. The van der Waals surface area contributed by atoms with Gasteiger partial charge in [-0.25, -0.2) is 13.1 Å². The maximum Gasteiger partial charge on any atom is 0.264 e. The Kier molecular flexibility index (Phi) is 7.08. The summed E-state index contributed by atoms with van der Waals surface area (Å²) < 4.78 is 39.3. The number of fused-ring (bicyclic) bond motifs is 4. The number of sulfonamides is 1. The number of aryl methyl sites for hydroxylation is 1. The first-order valence-electron chi connectivity index (χ1n) is 13.8. The third kappa shape index (κ3) is 5.15. The van der Waals surface area contributed by atoms with E-state index in [-0.39, 0.29) is 17.8 Å². The molecule has 1 N–H and O–H groups in total. The highest BCUT2D eigenvalue weighted by atomic mass is 35.5. The van der Waals surface area contributed by atoms with E-state index in [2.05, 4.69) is 21.8 Å². The molecule has 2 bridgehead atoms. The maximum absolute atomic E-state index is 13.0. The number of carbonyl (C=O) groups is 1. The molecule has 3 atom stereocenters. The fraction of sp³-hybridized carbons (Fsp3) is 0.552. The molecule has 2 aliphatic heterocycles. The lowest BCUT2D eigenvalue weighted by Crippen LogP contribution is -2.48. The van der Waals surface area contributed by atoms with E-state index in [1.165, 1.54) is 24.0 Å². The SMILES string of the molecule is O=C1NS(=O)(=O)CCOCCC[C@@H]2CC[C@H]2CN2C[C@@]3(CCCc4cc(Cl)ccc43)COc3ccc1cc32. The summed E-state index contributed by atoms with van der Waals surface area (Å²) in [5.74, 6) is 1.07. The molecule has 2 aromatic rings. The van der Waals surface area contributed by atoms with Crippen molar-refractivity contribution in [1.82, 2.24) is 4.72 Å². The van der Waals surface area contributed by atoms with Crippen LogP contribution in [0.1, 0.15) is 60.0 Å². The zero-order chi connectivity index (χ0) is 26.3. The molecule has 204 valence electrons. The molecular weight excluding hydrogens is 524 g/mol. The lowest BCUT2D eigenvalue weighted by molar-refractivity contribution is 0.0979. The molecule has 7 nitrogen and oxygen atoms in total. The van der Waals surface area contributed by atoms with E-state index in [1.807, 2.05) is 12.1 Å². The highest BCUT2D eigenvalue weighted by molar-refractivity contribution is 7.90. The van der Waals surface area contributed by atoms with Crippen LogP contribution in [0.15, 0.2) is 36.4 Å². The zero-order valence-corrected chi connectivity index (χ0v) is 23.2. The number of ether oxygens (including phenoxy) is 2. The van der Waals surface area contributed by atoms with Crippen LogP contribution in [-0.2, 0) is 26.6 Å². The van der Waals surface area contributed by atoms with Crippen LogP contribution in [0.5, 0.6) is 5.75 Å². The van der Waals surface area contributed by atoms with Crippen molar-refractivity contribution in [2.24, 2.45) is 11.8 Å². The van der Waals surface area contributed by atoms with Gasteiger partial charge >= 0.3 is 0 Å².